The van der Waals surface area contributed by atoms with Crippen LogP contribution in [0.15, 0.2) is 65.7 Å². The van der Waals surface area contributed by atoms with Crippen molar-refractivity contribution in [2.45, 2.75) is 63.3 Å². The summed E-state index contributed by atoms with van der Waals surface area (Å²) in [5, 5.41) is 22.9. The maximum atomic E-state index is 13.6. The van der Waals surface area contributed by atoms with E-state index >= 15 is 0 Å². The second-order valence-electron chi connectivity index (χ2n) is 10.7. The first-order chi connectivity index (χ1) is 20.6. The number of aliphatic imine (C=N–C) groups is 1. The van der Waals surface area contributed by atoms with E-state index in [0.29, 0.717) is 18.3 Å². The number of rotatable bonds is 14. The molecule has 0 radical (unpaired) electrons. The summed E-state index contributed by atoms with van der Waals surface area (Å²) >= 11 is 0. The largest absolute Gasteiger partial charge is 0.480 e. The van der Waals surface area contributed by atoms with Gasteiger partial charge in [0.15, 0.2) is 5.96 Å². The van der Waals surface area contributed by atoms with Gasteiger partial charge in [0.25, 0.3) is 0 Å². The number of aldehydes is 1. The van der Waals surface area contributed by atoms with Crippen molar-refractivity contribution in [1.29, 1.82) is 0 Å². The lowest BCUT2D eigenvalue weighted by atomic mass is 9.99. The summed E-state index contributed by atoms with van der Waals surface area (Å²) in [5.41, 5.74) is 7.39. The number of benzene rings is 2. The quantitative estimate of drug-likeness (QED) is 0.149. The molecule has 13 nitrogen and oxygen atoms in total. The number of carbonyl (C=O) groups is 5. The fraction of sp³-hybridized carbons (Fsp3) is 0.400. The lowest BCUT2D eigenvalue weighted by Gasteiger charge is -2.32. The van der Waals surface area contributed by atoms with Crippen molar-refractivity contribution in [3.05, 3.63) is 71.8 Å². The third-order valence-electron chi connectivity index (χ3n) is 6.95. The molecule has 8 N–H and O–H groups in total. The van der Waals surface area contributed by atoms with E-state index in [1.54, 1.807) is 44.2 Å². The number of guanidine groups is 1. The Balaban J connectivity index is 1.73. The molecule has 0 bridgehead atoms. The molecule has 43 heavy (non-hydrogen) atoms. The molecule has 5 atom stereocenters. The second-order valence-corrected chi connectivity index (χ2v) is 10.7. The minimum Gasteiger partial charge on any atom is -0.480 e. The van der Waals surface area contributed by atoms with Gasteiger partial charge >= 0.3 is 12.0 Å². The molecule has 0 saturated carbocycles. The smallest absolute Gasteiger partial charge is 0.326 e. The predicted molar refractivity (Wildman–Crippen MR) is 160 cm³/mol. The number of hydrogen-bond acceptors (Lipinski definition) is 8. The molecule has 1 heterocycles. The monoisotopic (exact) mass is 593 g/mol. The van der Waals surface area contributed by atoms with Crippen molar-refractivity contribution in [3.8, 4) is 0 Å². The molecule has 3 rings (SSSR count). The Kier molecular flexibility index (Phi) is 12.0. The van der Waals surface area contributed by atoms with Crippen LogP contribution in [0.25, 0.3) is 0 Å². The van der Waals surface area contributed by atoms with E-state index in [1.807, 2.05) is 30.3 Å². The third kappa shape index (κ3) is 10.1. The summed E-state index contributed by atoms with van der Waals surface area (Å²) < 4.78 is 0. The van der Waals surface area contributed by atoms with Gasteiger partial charge in [-0.25, -0.2) is 9.59 Å². The predicted octanol–water partition coefficient (Wildman–Crippen LogP) is 0.0939. The molecule has 1 aliphatic rings. The zero-order valence-corrected chi connectivity index (χ0v) is 24.2. The normalized spacial score (nSPS) is 17.2. The number of urea groups is 1. The van der Waals surface area contributed by atoms with E-state index in [1.165, 1.54) is 0 Å². The first-order valence-electron chi connectivity index (χ1n) is 14.1. The van der Waals surface area contributed by atoms with Gasteiger partial charge in [-0.2, -0.15) is 0 Å². The van der Waals surface area contributed by atoms with E-state index in [9.17, 15) is 29.1 Å². The Morgan fingerprint density at radius 1 is 0.930 bits per heavy atom. The Labute approximate surface area is 250 Å². The maximum absolute atomic E-state index is 13.6. The number of amides is 4. The number of hydrogen-bond donors (Lipinski definition) is 7. The molecule has 1 aliphatic heterocycles. The summed E-state index contributed by atoms with van der Waals surface area (Å²) in [4.78, 5) is 67.6. The molecule has 0 fully saturated rings. The molecule has 230 valence electrons. The molecule has 13 heteroatoms. The Bertz CT molecular complexity index is 1290. The molecule has 2 aromatic carbocycles. The van der Waals surface area contributed by atoms with Crippen molar-refractivity contribution in [1.82, 2.24) is 26.6 Å². The van der Waals surface area contributed by atoms with E-state index < -0.39 is 54.0 Å². The van der Waals surface area contributed by atoms with Crippen molar-refractivity contribution in [2.24, 2.45) is 16.6 Å². The van der Waals surface area contributed by atoms with E-state index in [0.717, 1.165) is 5.56 Å². The van der Waals surface area contributed by atoms with Crippen LogP contribution in [0.4, 0.5) is 4.79 Å². The maximum Gasteiger partial charge on any atom is 0.326 e. The topological polar surface area (TPSA) is 204 Å². The highest BCUT2D eigenvalue weighted by Gasteiger charge is 2.36. The summed E-state index contributed by atoms with van der Waals surface area (Å²) in [6, 6.07) is 12.0. The fourth-order valence-electron chi connectivity index (χ4n) is 4.67. The number of nitrogens with one attached hydrogen (secondary N) is 5. The van der Waals surface area contributed by atoms with Gasteiger partial charge in [0.05, 0.1) is 12.1 Å². The molecule has 4 amide bonds. The van der Waals surface area contributed by atoms with Gasteiger partial charge in [-0.15, -0.1) is 0 Å². The minimum absolute atomic E-state index is 0.0260. The highest BCUT2D eigenvalue weighted by molar-refractivity contribution is 5.94. The SMILES string of the molecule is CC(C)[C@H](NC(=O)[C@@H](NC(=O)N[C@@H](Cc1ccccc1)C(=O)O)C1CCN=C(N)N1)C(=O)N[C@H](C=O)Cc1ccccc1. The third-order valence-corrected chi connectivity index (χ3v) is 6.95. The van der Waals surface area contributed by atoms with Gasteiger partial charge in [0, 0.05) is 13.0 Å². The molecule has 2 aromatic rings. The molecule has 0 aliphatic carbocycles. The Morgan fingerprint density at radius 3 is 2.07 bits per heavy atom. The molecule has 1 unspecified atom stereocenters. The van der Waals surface area contributed by atoms with Crippen LogP contribution in [-0.4, -0.2) is 77.9 Å². The fourth-order valence-corrected chi connectivity index (χ4v) is 4.67. The van der Waals surface area contributed by atoms with E-state index in [-0.39, 0.29) is 31.3 Å². The van der Waals surface area contributed by atoms with Crippen LogP contribution in [0, 0.1) is 5.92 Å². The van der Waals surface area contributed by atoms with Crippen LogP contribution in [0.1, 0.15) is 31.4 Å². The zero-order chi connectivity index (χ0) is 31.4. The number of carboxylic acids is 1. The number of nitrogens with zero attached hydrogens (tertiary/aromatic N) is 1. The van der Waals surface area contributed by atoms with Gasteiger partial charge in [-0.05, 0) is 29.9 Å². The van der Waals surface area contributed by atoms with Crippen LogP contribution in [0.2, 0.25) is 0 Å². The highest BCUT2D eigenvalue weighted by Crippen LogP contribution is 2.10. The van der Waals surface area contributed by atoms with Crippen LogP contribution in [-0.2, 0) is 32.0 Å². The van der Waals surface area contributed by atoms with Gasteiger partial charge in [-0.1, -0.05) is 74.5 Å². The van der Waals surface area contributed by atoms with Gasteiger partial charge in [0.2, 0.25) is 11.8 Å². The number of carboxylic acid groups (broad SMARTS) is 1. The molecule has 0 spiro atoms. The Morgan fingerprint density at radius 2 is 1.53 bits per heavy atom. The van der Waals surface area contributed by atoms with Crippen LogP contribution >= 0.6 is 0 Å². The van der Waals surface area contributed by atoms with Gasteiger partial charge < -0.3 is 42.2 Å². The molecular formula is C30H39N7O6. The van der Waals surface area contributed by atoms with Crippen molar-refractivity contribution in [3.63, 3.8) is 0 Å². The van der Waals surface area contributed by atoms with Crippen LogP contribution in [0.5, 0.6) is 0 Å². The lowest BCUT2D eigenvalue weighted by molar-refractivity contribution is -0.139. The zero-order valence-electron chi connectivity index (χ0n) is 24.2. The van der Waals surface area contributed by atoms with Crippen LogP contribution in [0.3, 0.4) is 0 Å². The number of aliphatic carboxylic acids is 1. The van der Waals surface area contributed by atoms with Crippen LogP contribution < -0.4 is 32.3 Å². The average molecular weight is 594 g/mol. The summed E-state index contributed by atoms with van der Waals surface area (Å²) in [6.45, 7) is 3.76. The van der Waals surface area contributed by atoms with E-state index in [4.69, 9.17) is 5.73 Å². The molecule has 0 saturated heterocycles. The molecule has 0 aromatic heterocycles. The van der Waals surface area contributed by atoms with Gasteiger partial charge in [-0.3, -0.25) is 14.6 Å². The molecular weight excluding hydrogens is 554 g/mol. The summed E-state index contributed by atoms with van der Waals surface area (Å²) in [6.07, 6.45) is 1.27. The van der Waals surface area contributed by atoms with E-state index in [2.05, 4.69) is 31.6 Å². The van der Waals surface area contributed by atoms with Crippen molar-refractivity contribution >= 4 is 36.1 Å². The number of carbonyl (C=O) groups excluding carboxylic acids is 4. The second kappa shape index (κ2) is 15.9. The summed E-state index contributed by atoms with van der Waals surface area (Å²) in [5.74, 6) is -2.81. The first kappa shape index (κ1) is 32.6. The highest BCUT2D eigenvalue weighted by atomic mass is 16.4. The van der Waals surface area contributed by atoms with Crippen molar-refractivity contribution < 1.29 is 29.1 Å². The van der Waals surface area contributed by atoms with Crippen molar-refractivity contribution in [2.75, 3.05) is 6.54 Å². The number of nitrogens with two attached hydrogens (primary N) is 1. The summed E-state index contributed by atoms with van der Waals surface area (Å²) in [7, 11) is 0. The minimum atomic E-state index is -1.27. The van der Waals surface area contributed by atoms with Gasteiger partial charge in [0.1, 0.15) is 24.4 Å². The Hall–Kier alpha value is -4.94. The first-order valence-corrected chi connectivity index (χ1v) is 14.1. The standard InChI is InChI=1S/C30H39N7O6/c1-18(2)24(26(39)33-21(17-38)15-19-9-5-3-6-10-19)36-27(40)25(22-13-14-32-29(31)34-22)37-30(43)35-23(28(41)42)16-20-11-7-4-8-12-20/h3-12,17-18,21-25H,13-16H2,1-2H3,(H,33,39)(H,36,40)(H,41,42)(H3,31,32,34)(H2,35,37,43)/t21-,22?,23-,24-,25-/m0/s1. The average Bonchev–Trinajstić information content (AvgIpc) is 2.98. The lowest BCUT2D eigenvalue weighted by Crippen LogP contribution is -2.65.